The van der Waals surface area contributed by atoms with E-state index in [9.17, 15) is 4.39 Å². The first-order chi connectivity index (χ1) is 7.77. The summed E-state index contributed by atoms with van der Waals surface area (Å²) in [6.07, 6.45) is 0.928. The van der Waals surface area contributed by atoms with Crippen molar-refractivity contribution in [3.8, 4) is 0 Å². The quantitative estimate of drug-likeness (QED) is 0.774. The van der Waals surface area contributed by atoms with Crippen LogP contribution in [0.25, 0.3) is 11.0 Å². The molecule has 1 unspecified atom stereocenters. The number of hydrogen-bond acceptors (Lipinski definition) is 2. The zero-order chi connectivity index (χ0) is 11.1. The van der Waals surface area contributed by atoms with Gasteiger partial charge in [0.15, 0.2) is 4.77 Å². The molecule has 0 aliphatic carbocycles. The van der Waals surface area contributed by atoms with Crippen LogP contribution < -0.4 is 0 Å². The Morgan fingerprint density at radius 3 is 3.12 bits per heavy atom. The van der Waals surface area contributed by atoms with Gasteiger partial charge in [-0.25, -0.2) is 4.39 Å². The largest absolute Gasteiger partial charge is 0.379 e. The highest BCUT2D eigenvalue weighted by atomic mass is 32.1. The molecule has 3 nitrogen and oxygen atoms in total. The minimum atomic E-state index is -0.263. The Bertz CT molecular complexity index is 583. The third-order valence-electron chi connectivity index (χ3n) is 2.97. The Balaban J connectivity index is 2.27. The average molecular weight is 238 g/mol. The van der Waals surface area contributed by atoms with E-state index in [1.54, 1.807) is 6.07 Å². The molecule has 2 aromatic rings. The zero-order valence-electron chi connectivity index (χ0n) is 8.57. The lowest BCUT2D eigenvalue weighted by atomic mass is 10.2. The minimum absolute atomic E-state index is 0.225. The number of nitrogens with zero attached hydrogens (tertiary/aromatic N) is 1. The van der Waals surface area contributed by atoms with Crippen LogP contribution in [0.1, 0.15) is 12.5 Å². The van der Waals surface area contributed by atoms with E-state index in [4.69, 9.17) is 17.0 Å². The van der Waals surface area contributed by atoms with Gasteiger partial charge in [0.25, 0.3) is 0 Å². The van der Waals surface area contributed by atoms with Gasteiger partial charge in [0, 0.05) is 6.61 Å². The highest BCUT2D eigenvalue weighted by Crippen LogP contribution is 2.26. The van der Waals surface area contributed by atoms with Gasteiger partial charge >= 0.3 is 0 Å². The number of benzene rings is 1. The molecular formula is C11H11FN2OS. The molecule has 1 saturated heterocycles. The van der Waals surface area contributed by atoms with E-state index in [1.165, 1.54) is 6.07 Å². The maximum absolute atomic E-state index is 13.5. The Morgan fingerprint density at radius 2 is 2.38 bits per heavy atom. The highest BCUT2D eigenvalue weighted by molar-refractivity contribution is 7.71. The van der Waals surface area contributed by atoms with Crippen molar-refractivity contribution in [2.45, 2.75) is 12.5 Å². The maximum atomic E-state index is 13.5. The van der Waals surface area contributed by atoms with Crippen molar-refractivity contribution in [1.29, 1.82) is 0 Å². The predicted molar refractivity (Wildman–Crippen MR) is 61.6 cm³/mol. The molecule has 1 N–H and O–H groups in total. The Morgan fingerprint density at radius 1 is 1.50 bits per heavy atom. The fourth-order valence-corrected chi connectivity index (χ4v) is 2.55. The summed E-state index contributed by atoms with van der Waals surface area (Å²) in [5.41, 5.74) is 1.31. The van der Waals surface area contributed by atoms with E-state index in [2.05, 4.69) is 4.98 Å². The standard InChI is InChI=1S/C11H11FN2OS/c12-8-2-1-3-9-10(8)13-11(16)14(9)7-4-5-15-6-7/h1-3,7H,4-6H2,(H,13,16). The molecule has 1 aromatic heterocycles. The molecule has 1 aromatic carbocycles. The number of rotatable bonds is 1. The van der Waals surface area contributed by atoms with Crippen LogP contribution >= 0.6 is 12.2 Å². The molecule has 5 heteroatoms. The molecule has 2 heterocycles. The van der Waals surface area contributed by atoms with E-state index in [0.717, 1.165) is 18.5 Å². The summed E-state index contributed by atoms with van der Waals surface area (Å²) >= 11 is 5.23. The number of para-hydroxylation sites is 1. The monoisotopic (exact) mass is 238 g/mol. The fourth-order valence-electron chi connectivity index (χ4n) is 2.20. The smallest absolute Gasteiger partial charge is 0.178 e. The van der Waals surface area contributed by atoms with E-state index in [-0.39, 0.29) is 11.9 Å². The average Bonchev–Trinajstić information content (AvgIpc) is 2.85. The number of fused-ring (bicyclic) bond motifs is 1. The summed E-state index contributed by atoms with van der Waals surface area (Å²) in [4.78, 5) is 2.92. The van der Waals surface area contributed by atoms with Gasteiger partial charge in [-0.1, -0.05) is 6.07 Å². The second-order valence-corrected chi connectivity index (χ2v) is 4.34. The lowest BCUT2D eigenvalue weighted by Gasteiger charge is -2.10. The van der Waals surface area contributed by atoms with Crippen molar-refractivity contribution < 1.29 is 9.13 Å². The molecule has 16 heavy (non-hydrogen) atoms. The molecular weight excluding hydrogens is 227 g/mol. The highest BCUT2D eigenvalue weighted by Gasteiger charge is 2.21. The number of nitrogens with one attached hydrogen (secondary N) is 1. The third kappa shape index (κ3) is 1.39. The molecule has 84 valence electrons. The van der Waals surface area contributed by atoms with Gasteiger partial charge in [-0.3, -0.25) is 0 Å². The zero-order valence-corrected chi connectivity index (χ0v) is 9.39. The molecule has 1 aliphatic rings. The lowest BCUT2D eigenvalue weighted by Crippen LogP contribution is -2.08. The van der Waals surface area contributed by atoms with Crippen molar-refractivity contribution >= 4 is 23.3 Å². The van der Waals surface area contributed by atoms with Crippen LogP contribution in [0.3, 0.4) is 0 Å². The summed E-state index contributed by atoms with van der Waals surface area (Å²) in [6, 6.07) is 5.24. The minimum Gasteiger partial charge on any atom is -0.379 e. The van der Waals surface area contributed by atoms with Gasteiger partial charge in [0.2, 0.25) is 0 Å². The van der Waals surface area contributed by atoms with Gasteiger partial charge in [0.1, 0.15) is 11.3 Å². The third-order valence-corrected chi connectivity index (χ3v) is 3.27. The second kappa shape index (κ2) is 3.68. The Hall–Kier alpha value is -1.20. The lowest BCUT2D eigenvalue weighted by molar-refractivity contribution is 0.187. The van der Waals surface area contributed by atoms with E-state index in [1.807, 2.05) is 10.6 Å². The normalized spacial score (nSPS) is 20.7. The summed E-state index contributed by atoms with van der Waals surface area (Å²) in [5, 5.41) is 0. The second-order valence-electron chi connectivity index (χ2n) is 3.95. The van der Waals surface area contributed by atoms with Crippen molar-refractivity contribution in [3.05, 3.63) is 28.8 Å². The fraction of sp³-hybridized carbons (Fsp3) is 0.364. The van der Waals surface area contributed by atoms with E-state index < -0.39 is 0 Å². The SMILES string of the molecule is Fc1cccc2c1[nH]c(=S)n2C1CCOC1. The number of aromatic amines is 1. The van der Waals surface area contributed by atoms with Crippen LogP contribution in [0.4, 0.5) is 4.39 Å². The van der Waals surface area contributed by atoms with E-state index in [0.29, 0.717) is 16.9 Å². The molecule has 3 rings (SSSR count). The molecule has 0 saturated carbocycles. The summed E-state index contributed by atoms with van der Waals surface area (Å²) in [6.45, 7) is 1.40. The van der Waals surface area contributed by atoms with Gasteiger partial charge in [-0.2, -0.15) is 0 Å². The van der Waals surface area contributed by atoms with Crippen LogP contribution in [0.5, 0.6) is 0 Å². The molecule has 0 amide bonds. The first kappa shape index (κ1) is 9.99. The van der Waals surface area contributed by atoms with Crippen LogP contribution in [-0.2, 0) is 4.74 Å². The van der Waals surface area contributed by atoms with Gasteiger partial charge in [-0.05, 0) is 30.8 Å². The van der Waals surface area contributed by atoms with Crippen molar-refractivity contribution in [2.75, 3.05) is 13.2 Å². The number of H-pyrrole nitrogens is 1. The summed E-state index contributed by atoms with van der Waals surface area (Å²) in [5.74, 6) is -0.263. The molecule has 0 radical (unpaired) electrons. The number of halogens is 1. The molecule has 1 fully saturated rings. The summed E-state index contributed by atoms with van der Waals surface area (Å²) < 4.78 is 21.4. The van der Waals surface area contributed by atoms with E-state index >= 15 is 0 Å². The Kier molecular flexibility index (Phi) is 2.29. The van der Waals surface area contributed by atoms with Crippen LogP contribution in [0, 0.1) is 10.6 Å². The first-order valence-electron chi connectivity index (χ1n) is 5.24. The predicted octanol–water partition coefficient (Wildman–Crippen LogP) is 2.80. The van der Waals surface area contributed by atoms with Crippen LogP contribution in [0.15, 0.2) is 18.2 Å². The van der Waals surface area contributed by atoms with Crippen molar-refractivity contribution in [1.82, 2.24) is 9.55 Å². The van der Waals surface area contributed by atoms with Crippen LogP contribution in [0.2, 0.25) is 0 Å². The topological polar surface area (TPSA) is 29.9 Å². The summed E-state index contributed by atoms with van der Waals surface area (Å²) in [7, 11) is 0. The van der Waals surface area contributed by atoms with Crippen LogP contribution in [-0.4, -0.2) is 22.8 Å². The molecule has 1 aliphatic heterocycles. The molecule has 1 atom stereocenters. The Labute approximate surface area is 96.8 Å². The van der Waals surface area contributed by atoms with Gasteiger partial charge in [0.05, 0.1) is 18.2 Å². The van der Waals surface area contributed by atoms with Crippen molar-refractivity contribution in [2.24, 2.45) is 0 Å². The first-order valence-corrected chi connectivity index (χ1v) is 5.64. The van der Waals surface area contributed by atoms with Crippen molar-refractivity contribution in [3.63, 3.8) is 0 Å². The van der Waals surface area contributed by atoms with Gasteiger partial charge in [-0.15, -0.1) is 0 Å². The number of hydrogen-bond donors (Lipinski definition) is 1. The molecule has 0 spiro atoms. The maximum Gasteiger partial charge on any atom is 0.178 e. The number of ether oxygens (including phenoxy) is 1. The van der Waals surface area contributed by atoms with Gasteiger partial charge < -0.3 is 14.3 Å². The number of imidazole rings is 1. The molecule has 0 bridgehead atoms. The number of aromatic nitrogens is 2.